The molecule has 0 fully saturated rings. The van der Waals surface area contributed by atoms with Crippen molar-refractivity contribution in [2.24, 2.45) is 0 Å². The number of hydrogen-bond donors (Lipinski definition) is 2. The van der Waals surface area contributed by atoms with Crippen molar-refractivity contribution >= 4 is 29.2 Å². The average molecular weight is 287 g/mol. The van der Waals surface area contributed by atoms with Gasteiger partial charge in [0.25, 0.3) is 5.91 Å². The molecule has 0 bridgehead atoms. The summed E-state index contributed by atoms with van der Waals surface area (Å²) >= 11 is 5.72. The first-order valence-electron chi connectivity index (χ1n) is 5.44. The zero-order chi connectivity index (χ0) is 14.4. The van der Waals surface area contributed by atoms with Gasteiger partial charge >= 0.3 is 5.97 Å². The Hall–Kier alpha value is -1.63. The zero-order valence-corrected chi connectivity index (χ0v) is 11.3. The minimum Gasteiger partial charge on any atom is -0.480 e. The molecule has 0 aliphatic rings. The van der Waals surface area contributed by atoms with E-state index in [2.05, 4.69) is 5.32 Å². The number of carbonyl (C=O) groups excluding carboxylic acids is 1. The Morgan fingerprint density at radius 2 is 2.00 bits per heavy atom. The number of aliphatic carboxylic acids is 1. The molecule has 0 radical (unpaired) electrons. The van der Waals surface area contributed by atoms with Crippen molar-refractivity contribution in [1.82, 2.24) is 4.90 Å². The first-order chi connectivity index (χ1) is 8.95. The van der Waals surface area contributed by atoms with Crippen LogP contribution in [0.3, 0.4) is 0 Å². The van der Waals surface area contributed by atoms with Gasteiger partial charge < -0.3 is 15.2 Å². The molecular weight excluding hydrogens is 272 g/mol. The minimum atomic E-state index is -1.32. The Labute approximate surface area is 115 Å². The largest absolute Gasteiger partial charge is 0.480 e. The highest BCUT2D eigenvalue weighted by molar-refractivity contribution is 6.30. The first kappa shape index (κ1) is 15.4. The van der Waals surface area contributed by atoms with Gasteiger partial charge in [0.2, 0.25) is 0 Å². The summed E-state index contributed by atoms with van der Waals surface area (Å²) in [6.45, 7) is 0.0327. The van der Waals surface area contributed by atoms with Gasteiger partial charge in [-0.2, -0.15) is 0 Å². The molecule has 0 spiro atoms. The van der Waals surface area contributed by atoms with Gasteiger partial charge in [0, 0.05) is 17.8 Å². The molecule has 7 heteroatoms. The van der Waals surface area contributed by atoms with Crippen LogP contribution in [0.5, 0.6) is 0 Å². The highest BCUT2D eigenvalue weighted by Gasteiger charge is 2.30. The van der Waals surface area contributed by atoms with Gasteiger partial charge in [-0.15, -0.1) is 0 Å². The quantitative estimate of drug-likeness (QED) is 0.608. The first-order valence-corrected chi connectivity index (χ1v) is 5.82. The lowest BCUT2D eigenvalue weighted by molar-refractivity contribution is -0.148. The second-order valence-electron chi connectivity index (χ2n) is 3.91. The molecule has 104 valence electrons. The summed E-state index contributed by atoms with van der Waals surface area (Å²) < 4.78 is 4.82. The lowest BCUT2D eigenvalue weighted by Crippen LogP contribution is -2.48. The van der Waals surface area contributed by atoms with Crippen LogP contribution in [0.15, 0.2) is 24.3 Å². The summed E-state index contributed by atoms with van der Waals surface area (Å²) in [5.74, 6) is -1.89. The lowest BCUT2D eigenvalue weighted by Gasteiger charge is -2.22. The Balaban J connectivity index is 2.77. The molecule has 1 atom stereocenters. The van der Waals surface area contributed by atoms with E-state index < -0.39 is 17.9 Å². The standard InChI is InChI=1S/C12H15ClN2O4/c1-15(7-19-2)10(12(17)18)11(16)14-9-5-3-8(13)4-6-9/h3-6,10H,7H2,1-2H3,(H,14,16)(H,17,18). The van der Waals surface area contributed by atoms with E-state index in [1.54, 1.807) is 24.3 Å². The average Bonchev–Trinajstić information content (AvgIpc) is 2.32. The van der Waals surface area contributed by atoms with Crippen LogP contribution in [-0.4, -0.2) is 48.8 Å². The minimum absolute atomic E-state index is 0.0327. The van der Waals surface area contributed by atoms with Crippen molar-refractivity contribution in [1.29, 1.82) is 0 Å². The van der Waals surface area contributed by atoms with Crippen LogP contribution in [0.2, 0.25) is 5.02 Å². The van der Waals surface area contributed by atoms with Gasteiger partial charge in [-0.1, -0.05) is 11.6 Å². The van der Waals surface area contributed by atoms with Gasteiger partial charge in [0.1, 0.15) is 0 Å². The molecule has 1 aromatic carbocycles. The number of ether oxygens (including phenoxy) is 1. The van der Waals surface area contributed by atoms with Gasteiger partial charge in [0.05, 0.1) is 6.73 Å². The molecule has 19 heavy (non-hydrogen) atoms. The third kappa shape index (κ3) is 4.51. The van der Waals surface area contributed by atoms with Crippen LogP contribution in [0.25, 0.3) is 0 Å². The third-order valence-electron chi connectivity index (χ3n) is 2.37. The number of hydrogen-bond acceptors (Lipinski definition) is 4. The van der Waals surface area contributed by atoms with Crippen molar-refractivity contribution in [2.45, 2.75) is 6.04 Å². The number of nitrogens with one attached hydrogen (secondary N) is 1. The van der Waals surface area contributed by atoms with Gasteiger partial charge in [-0.25, -0.2) is 4.79 Å². The number of carboxylic acid groups (broad SMARTS) is 1. The molecule has 0 saturated heterocycles. The predicted molar refractivity (Wildman–Crippen MR) is 71.1 cm³/mol. The van der Waals surface area contributed by atoms with E-state index in [0.29, 0.717) is 10.7 Å². The Kier molecular flexibility index (Phi) is 5.75. The van der Waals surface area contributed by atoms with E-state index in [9.17, 15) is 9.59 Å². The topological polar surface area (TPSA) is 78.9 Å². The lowest BCUT2D eigenvalue weighted by atomic mass is 10.2. The van der Waals surface area contributed by atoms with Crippen LogP contribution >= 0.6 is 11.6 Å². The fraction of sp³-hybridized carbons (Fsp3) is 0.333. The fourth-order valence-corrected chi connectivity index (χ4v) is 1.65. The molecule has 0 saturated carbocycles. The number of methoxy groups -OCH3 is 1. The summed E-state index contributed by atoms with van der Waals surface area (Å²) in [5.41, 5.74) is 0.478. The summed E-state index contributed by atoms with van der Waals surface area (Å²) in [6, 6.07) is 5.07. The van der Waals surface area contributed by atoms with E-state index >= 15 is 0 Å². The summed E-state index contributed by atoms with van der Waals surface area (Å²) in [7, 11) is 2.91. The molecule has 0 aliphatic heterocycles. The molecule has 0 aliphatic carbocycles. The van der Waals surface area contributed by atoms with E-state index in [1.807, 2.05) is 0 Å². The second kappa shape index (κ2) is 7.08. The maximum atomic E-state index is 11.9. The van der Waals surface area contributed by atoms with Crippen molar-refractivity contribution in [3.05, 3.63) is 29.3 Å². The Morgan fingerprint density at radius 3 is 2.47 bits per heavy atom. The normalized spacial score (nSPS) is 12.2. The van der Waals surface area contributed by atoms with Crippen molar-refractivity contribution in [3.63, 3.8) is 0 Å². The number of carboxylic acids is 1. The number of anilines is 1. The number of rotatable bonds is 6. The van der Waals surface area contributed by atoms with Crippen molar-refractivity contribution in [3.8, 4) is 0 Å². The zero-order valence-electron chi connectivity index (χ0n) is 10.6. The maximum absolute atomic E-state index is 11.9. The fourth-order valence-electron chi connectivity index (χ4n) is 1.52. The molecular formula is C12H15ClN2O4. The number of halogens is 1. The third-order valence-corrected chi connectivity index (χ3v) is 2.62. The number of carbonyl (C=O) groups is 2. The number of amides is 1. The monoisotopic (exact) mass is 286 g/mol. The van der Waals surface area contributed by atoms with E-state index in [-0.39, 0.29) is 6.73 Å². The second-order valence-corrected chi connectivity index (χ2v) is 4.35. The van der Waals surface area contributed by atoms with E-state index in [1.165, 1.54) is 19.1 Å². The van der Waals surface area contributed by atoms with Crippen LogP contribution in [0.4, 0.5) is 5.69 Å². The number of benzene rings is 1. The SMILES string of the molecule is COCN(C)C(C(=O)O)C(=O)Nc1ccc(Cl)cc1. The van der Waals surface area contributed by atoms with Gasteiger partial charge in [-0.05, 0) is 31.3 Å². The highest BCUT2D eigenvalue weighted by atomic mass is 35.5. The predicted octanol–water partition coefficient (Wildman–Crippen LogP) is 1.27. The number of nitrogens with zero attached hydrogens (tertiary/aromatic N) is 1. The van der Waals surface area contributed by atoms with E-state index in [4.69, 9.17) is 21.4 Å². The summed E-state index contributed by atoms with van der Waals surface area (Å²) in [5, 5.41) is 12.1. The van der Waals surface area contributed by atoms with Crippen LogP contribution in [0.1, 0.15) is 0 Å². The van der Waals surface area contributed by atoms with Crippen molar-refractivity contribution in [2.75, 3.05) is 26.2 Å². The van der Waals surface area contributed by atoms with E-state index in [0.717, 1.165) is 0 Å². The molecule has 0 heterocycles. The molecule has 0 aromatic heterocycles. The van der Waals surface area contributed by atoms with Crippen molar-refractivity contribution < 1.29 is 19.4 Å². The molecule has 6 nitrogen and oxygen atoms in total. The highest BCUT2D eigenvalue weighted by Crippen LogP contribution is 2.14. The van der Waals surface area contributed by atoms with Gasteiger partial charge in [0.15, 0.2) is 6.04 Å². The summed E-state index contributed by atoms with van der Waals surface area (Å²) in [6.07, 6.45) is 0. The summed E-state index contributed by atoms with van der Waals surface area (Å²) in [4.78, 5) is 24.3. The maximum Gasteiger partial charge on any atom is 0.330 e. The van der Waals surface area contributed by atoms with Gasteiger partial charge in [-0.3, -0.25) is 9.69 Å². The van der Waals surface area contributed by atoms with Crippen LogP contribution in [0, 0.1) is 0 Å². The smallest absolute Gasteiger partial charge is 0.330 e. The Morgan fingerprint density at radius 1 is 1.42 bits per heavy atom. The molecule has 1 unspecified atom stereocenters. The van der Waals surface area contributed by atoms with Crippen LogP contribution in [-0.2, 0) is 14.3 Å². The Bertz CT molecular complexity index is 450. The molecule has 2 N–H and O–H groups in total. The molecule has 1 amide bonds. The number of likely N-dealkylation sites (N-methyl/N-ethyl adjacent to an activating group) is 1. The van der Waals surface area contributed by atoms with Crippen LogP contribution < -0.4 is 5.32 Å². The molecule has 1 aromatic rings. The molecule has 1 rings (SSSR count).